The molecule has 1 heterocycles. The van der Waals surface area contributed by atoms with Crippen molar-refractivity contribution in [1.82, 2.24) is 15.1 Å². The molecule has 0 bridgehead atoms. The minimum atomic E-state index is 0.687. The quantitative estimate of drug-likeness (QED) is 0.825. The van der Waals surface area contributed by atoms with Crippen LogP contribution in [0.1, 0.15) is 50.8 Å². The van der Waals surface area contributed by atoms with Crippen molar-refractivity contribution >= 4 is 11.6 Å². The molecule has 1 unspecified atom stereocenters. The molecule has 21 heavy (non-hydrogen) atoms. The van der Waals surface area contributed by atoms with Gasteiger partial charge in [-0.1, -0.05) is 51.1 Å². The molecular weight excluding hydrogens is 282 g/mol. The summed E-state index contributed by atoms with van der Waals surface area (Å²) in [4.78, 5) is 0. The maximum atomic E-state index is 6.43. The molecule has 0 aromatic carbocycles. The van der Waals surface area contributed by atoms with Gasteiger partial charge in [0.1, 0.15) is 5.15 Å². The van der Waals surface area contributed by atoms with Gasteiger partial charge in [-0.2, -0.15) is 5.10 Å². The Morgan fingerprint density at radius 2 is 1.95 bits per heavy atom. The van der Waals surface area contributed by atoms with E-state index in [2.05, 4.69) is 31.2 Å². The minimum absolute atomic E-state index is 0.687. The van der Waals surface area contributed by atoms with E-state index in [4.69, 9.17) is 11.6 Å². The summed E-state index contributed by atoms with van der Waals surface area (Å²) in [7, 11) is 1.93. The molecule has 1 atom stereocenters. The van der Waals surface area contributed by atoms with E-state index >= 15 is 0 Å². The molecule has 1 aromatic heterocycles. The number of aromatic nitrogens is 2. The van der Waals surface area contributed by atoms with E-state index in [1.54, 1.807) is 4.68 Å². The average molecular weight is 312 g/mol. The first-order chi connectivity index (χ1) is 9.99. The van der Waals surface area contributed by atoms with E-state index < -0.39 is 0 Å². The minimum Gasteiger partial charge on any atom is -0.316 e. The van der Waals surface area contributed by atoms with E-state index in [0.717, 1.165) is 36.3 Å². The molecule has 1 aromatic rings. The Hall–Kier alpha value is -0.540. The number of hydrogen-bond acceptors (Lipinski definition) is 2. The molecule has 0 spiro atoms. The predicted octanol–water partition coefficient (Wildman–Crippen LogP) is 3.98. The summed E-state index contributed by atoms with van der Waals surface area (Å²) in [5.74, 6) is 2.24. The number of halogens is 1. The standard InChI is InChI=1S/C17H30ClN3/c1-12(2)10-19-11-15(14-7-5-6-8-14)9-16-13(3)20-21(4)17(16)18/h12,14-15,19H,5-11H2,1-4H3. The molecule has 1 saturated carbocycles. The van der Waals surface area contributed by atoms with Gasteiger partial charge < -0.3 is 5.32 Å². The van der Waals surface area contributed by atoms with Gasteiger partial charge in [0.25, 0.3) is 0 Å². The van der Waals surface area contributed by atoms with Crippen molar-refractivity contribution in [3.8, 4) is 0 Å². The Balaban J connectivity index is 2.03. The molecule has 1 aliphatic rings. The Kier molecular flexibility index (Phi) is 6.12. The molecule has 1 fully saturated rings. The topological polar surface area (TPSA) is 29.9 Å². The summed E-state index contributed by atoms with van der Waals surface area (Å²) in [6.45, 7) is 8.81. The molecule has 4 heteroatoms. The van der Waals surface area contributed by atoms with Crippen molar-refractivity contribution in [2.75, 3.05) is 13.1 Å². The number of rotatable bonds is 7. The zero-order valence-electron chi connectivity index (χ0n) is 14.0. The SMILES string of the molecule is Cc1nn(C)c(Cl)c1CC(CNCC(C)C)C1CCCC1. The zero-order chi connectivity index (χ0) is 15.4. The molecule has 0 saturated heterocycles. The summed E-state index contributed by atoms with van der Waals surface area (Å²) in [5, 5.41) is 8.94. The van der Waals surface area contributed by atoms with Crippen molar-refractivity contribution in [3.05, 3.63) is 16.4 Å². The second-order valence-corrected chi connectivity index (χ2v) is 7.40. The molecule has 0 radical (unpaired) electrons. The van der Waals surface area contributed by atoms with Gasteiger partial charge in [-0.3, -0.25) is 4.68 Å². The van der Waals surface area contributed by atoms with Crippen molar-refractivity contribution < 1.29 is 0 Å². The van der Waals surface area contributed by atoms with Gasteiger partial charge >= 0.3 is 0 Å². The summed E-state index contributed by atoms with van der Waals surface area (Å²) >= 11 is 6.43. The molecular formula is C17H30ClN3. The van der Waals surface area contributed by atoms with Crippen LogP contribution in [0.4, 0.5) is 0 Å². The fraction of sp³-hybridized carbons (Fsp3) is 0.824. The van der Waals surface area contributed by atoms with Gasteiger partial charge in [-0.05, 0) is 44.2 Å². The summed E-state index contributed by atoms with van der Waals surface area (Å²) in [6.07, 6.45) is 6.61. The van der Waals surface area contributed by atoms with Crippen LogP contribution >= 0.6 is 11.6 Å². The lowest BCUT2D eigenvalue weighted by atomic mass is 9.85. The van der Waals surface area contributed by atoms with Gasteiger partial charge in [0, 0.05) is 12.6 Å². The highest BCUT2D eigenvalue weighted by molar-refractivity contribution is 6.30. The fourth-order valence-corrected chi connectivity index (χ4v) is 3.81. The maximum Gasteiger partial charge on any atom is 0.130 e. The first kappa shape index (κ1) is 16.8. The Morgan fingerprint density at radius 1 is 1.29 bits per heavy atom. The van der Waals surface area contributed by atoms with Crippen LogP contribution in [0.15, 0.2) is 0 Å². The Morgan fingerprint density at radius 3 is 2.48 bits per heavy atom. The van der Waals surface area contributed by atoms with Crippen LogP contribution in [0.3, 0.4) is 0 Å². The third-order valence-electron chi connectivity index (χ3n) is 4.76. The molecule has 0 aliphatic heterocycles. The van der Waals surface area contributed by atoms with E-state index in [9.17, 15) is 0 Å². The summed E-state index contributed by atoms with van der Waals surface area (Å²) < 4.78 is 1.81. The van der Waals surface area contributed by atoms with Gasteiger partial charge in [0.15, 0.2) is 0 Å². The molecule has 120 valence electrons. The van der Waals surface area contributed by atoms with Gasteiger partial charge in [-0.25, -0.2) is 0 Å². The average Bonchev–Trinajstić information content (AvgIpc) is 3.01. The predicted molar refractivity (Wildman–Crippen MR) is 89.8 cm³/mol. The van der Waals surface area contributed by atoms with Crippen molar-refractivity contribution in [2.24, 2.45) is 24.8 Å². The van der Waals surface area contributed by atoms with E-state index in [-0.39, 0.29) is 0 Å². The Labute approximate surface area is 134 Å². The van der Waals surface area contributed by atoms with Crippen LogP contribution in [0.25, 0.3) is 0 Å². The van der Waals surface area contributed by atoms with Crippen LogP contribution in [0.2, 0.25) is 5.15 Å². The molecule has 0 amide bonds. The van der Waals surface area contributed by atoms with Crippen molar-refractivity contribution in [1.29, 1.82) is 0 Å². The van der Waals surface area contributed by atoms with Gasteiger partial charge in [-0.15, -0.1) is 0 Å². The number of nitrogens with zero attached hydrogens (tertiary/aromatic N) is 2. The third-order valence-corrected chi connectivity index (χ3v) is 5.23. The second-order valence-electron chi connectivity index (χ2n) is 7.04. The highest BCUT2D eigenvalue weighted by Crippen LogP contribution is 2.34. The number of hydrogen-bond donors (Lipinski definition) is 1. The van der Waals surface area contributed by atoms with Crippen molar-refractivity contribution in [3.63, 3.8) is 0 Å². The monoisotopic (exact) mass is 311 g/mol. The van der Waals surface area contributed by atoms with Gasteiger partial charge in [0.2, 0.25) is 0 Å². The lowest BCUT2D eigenvalue weighted by Crippen LogP contribution is -2.31. The van der Waals surface area contributed by atoms with Crippen molar-refractivity contribution in [2.45, 2.75) is 52.9 Å². The fourth-order valence-electron chi connectivity index (χ4n) is 3.56. The zero-order valence-corrected chi connectivity index (χ0v) is 14.7. The Bertz CT molecular complexity index is 447. The van der Waals surface area contributed by atoms with Crippen LogP contribution in [-0.4, -0.2) is 22.9 Å². The van der Waals surface area contributed by atoms with E-state index in [1.165, 1.54) is 31.2 Å². The maximum absolute atomic E-state index is 6.43. The molecule has 2 rings (SSSR count). The first-order valence-corrected chi connectivity index (χ1v) is 8.75. The van der Waals surface area contributed by atoms with Crippen LogP contribution in [-0.2, 0) is 13.5 Å². The van der Waals surface area contributed by atoms with E-state index in [1.807, 2.05) is 7.05 Å². The smallest absolute Gasteiger partial charge is 0.130 e. The van der Waals surface area contributed by atoms with Crippen LogP contribution in [0.5, 0.6) is 0 Å². The highest BCUT2D eigenvalue weighted by Gasteiger charge is 2.27. The summed E-state index contributed by atoms with van der Waals surface area (Å²) in [5.41, 5.74) is 2.34. The number of aryl methyl sites for hydroxylation is 2. The lowest BCUT2D eigenvalue weighted by Gasteiger charge is -2.24. The van der Waals surface area contributed by atoms with Crippen LogP contribution in [0, 0.1) is 24.7 Å². The van der Waals surface area contributed by atoms with Crippen LogP contribution < -0.4 is 5.32 Å². The number of nitrogens with one attached hydrogen (secondary N) is 1. The normalized spacial score (nSPS) is 17.8. The second kappa shape index (κ2) is 7.64. The molecule has 1 aliphatic carbocycles. The first-order valence-electron chi connectivity index (χ1n) is 8.37. The van der Waals surface area contributed by atoms with E-state index in [0.29, 0.717) is 11.8 Å². The van der Waals surface area contributed by atoms with Gasteiger partial charge in [0.05, 0.1) is 5.69 Å². The highest BCUT2D eigenvalue weighted by atomic mass is 35.5. The molecule has 1 N–H and O–H groups in total. The third kappa shape index (κ3) is 4.46. The largest absolute Gasteiger partial charge is 0.316 e. The lowest BCUT2D eigenvalue weighted by molar-refractivity contribution is 0.315. The summed E-state index contributed by atoms with van der Waals surface area (Å²) in [6, 6.07) is 0. The molecule has 3 nitrogen and oxygen atoms in total.